The molecule has 0 unspecified atom stereocenters. The molecule has 0 N–H and O–H groups in total. The summed E-state index contributed by atoms with van der Waals surface area (Å²) in [6.45, 7) is 0. The van der Waals surface area contributed by atoms with E-state index >= 15 is 0 Å². The van der Waals surface area contributed by atoms with Crippen LogP contribution in [0.1, 0.15) is 20.8 Å². The average Bonchev–Trinajstić information content (AvgIpc) is 2.76. The van der Waals surface area contributed by atoms with Crippen LogP contribution in [0, 0.1) is 0 Å². The molecule has 0 fully saturated rings. The molecule has 0 atom stereocenters. The van der Waals surface area contributed by atoms with E-state index in [1.165, 1.54) is 5.56 Å². The van der Waals surface area contributed by atoms with Gasteiger partial charge < -0.3 is 0 Å². The Morgan fingerprint density at radius 2 is 1.80 bits per heavy atom. The van der Waals surface area contributed by atoms with Gasteiger partial charge in [-0.3, -0.25) is 4.79 Å². The Kier molecular flexibility index (Phi) is 3.10. The Morgan fingerprint density at radius 1 is 1.00 bits per heavy atom. The molecule has 1 nitrogen and oxygen atoms in total. The lowest BCUT2D eigenvalue weighted by atomic mass is 10.2. The second kappa shape index (κ2) is 4.71. The molecule has 0 aliphatic rings. The predicted molar refractivity (Wildman–Crippen MR) is 65.1 cm³/mol. The summed E-state index contributed by atoms with van der Waals surface area (Å²) in [7, 11) is 0. The second-order valence-electron chi connectivity index (χ2n) is 3.14. The van der Waals surface area contributed by atoms with E-state index in [9.17, 15) is 4.79 Å². The van der Waals surface area contributed by atoms with Gasteiger partial charge in [-0.05, 0) is 17.7 Å². The zero-order valence-electron chi connectivity index (χ0n) is 8.09. The minimum Gasteiger partial charge on any atom is -0.298 e. The quantitative estimate of drug-likeness (QED) is 0.711. The van der Waals surface area contributed by atoms with Crippen molar-refractivity contribution in [1.82, 2.24) is 0 Å². The predicted octanol–water partition coefficient (Wildman–Crippen LogP) is 3.73. The van der Waals surface area contributed by atoms with Gasteiger partial charge in [-0.1, -0.05) is 36.4 Å². The van der Waals surface area contributed by atoms with Crippen LogP contribution in [0.2, 0.25) is 0 Å². The Labute approximate surface area is 92.7 Å². The summed E-state index contributed by atoms with van der Waals surface area (Å²) >= 11 is 1.58. The van der Waals surface area contributed by atoms with Crippen molar-refractivity contribution in [1.29, 1.82) is 0 Å². The fraction of sp³-hybridized carbons (Fsp3) is 0. The molecule has 0 aliphatic heterocycles. The lowest BCUT2D eigenvalue weighted by Gasteiger charge is -1.89. The van der Waals surface area contributed by atoms with E-state index < -0.39 is 0 Å². The number of aldehydes is 1. The molecule has 2 heteroatoms. The number of rotatable bonds is 3. The molecule has 74 valence electrons. The van der Waals surface area contributed by atoms with Crippen LogP contribution in [-0.4, -0.2) is 6.29 Å². The summed E-state index contributed by atoms with van der Waals surface area (Å²) in [6.07, 6.45) is 4.93. The fourth-order valence-electron chi connectivity index (χ4n) is 1.26. The normalized spacial score (nSPS) is 10.7. The molecule has 2 aromatic rings. The third kappa shape index (κ3) is 2.64. The van der Waals surface area contributed by atoms with E-state index in [4.69, 9.17) is 0 Å². The van der Waals surface area contributed by atoms with Gasteiger partial charge in [0.05, 0.1) is 0 Å². The van der Waals surface area contributed by atoms with E-state index in [1.807, 2.05) is 53.9 Å². The van der Waals surface area contributed by atoms with Gasteiger partial charge in [-0.2, -0.15) is 0 Å². The number of carbonyl (C=O) groups excluding carboxylic acids is 1. The topological polar surface area (TPSA) is 17.1 Å². The lowest BCUT2D eigenvalue weighted by molar-refractivity contribution is 0.112. The highest BCUT2D eigenvalue weighted by molar-refractivity contribution is 7.11. The molecule has 0 bridgehead atoms. The van der Waals surface area contributed by atoms with Crippen LogP contribution in [0.25, 0.3) is 12.2 Å². The largest absolute Gasteiger partial charge is 0.298 e. The van der Waals surface area contributed by atoms with Gasteiger partial charge in [0.25, 0.3) is 0 Å². The van der Waals surface area contributed by atoms with Gasteiger partial charge in [0.15, 0.2) is 6.29 Å². The van der Waals surface area contributed by atoms with Crippen LogP contribution in [0.5, 0.6) is 0 Å². The number of benzene rings is 1. The summed E-state index contributed by atoms with van der Waals surface area (Å²) < 4.78 is 0. The summed E-state index contributed by atoms with van der Waals surface area (Å²) in [5.41, 5.74) is 1.91. The first-order valence-electron chi connectivity index (χ1n) is 4.65. The van der Waals surface area contributed by atoms with Crippen LogP contribution in [0.4, 0.5) is 0 Å². The highest BCUT2D eigenvalue weighted by atomic mass is 32.1. The number of hydrogen-bond donors (Lipinski definition) is 0. The molecule has 0 radical (unpaired) electrons. The van der Waals surface area contributed by atoms with Gasteiger partial charge in [0.2, 0.25) is 0 Å². The first-order valence-corrected chi connectivity index (χ1v) is 5.53. The van der Waals surface area contributed by atoms with Gasteiger partial charge >= 0.3 is 0 Å². The van der Waals surface area contributed by atoms with Gasteiger partial charge in [-0.15, -0.1) is 11.3 Å². The molecule has 15 heavy (non-hydrogen) atoms. The van der Waals surface area contributed by atoms with Crippen LogP contribution < -0.4 is 0 Å². The molecule has 0 saturated carbocycles. The third-order valence-electron chi connectivity index (χ3n) is 2.02. The van der Waals surface area contributed by atoms with Gasteiger partial charge in [0, 0.05) is 15.8 Å². The van der Waals surface area contributed by atoms with E-state index in [-0.39, 0.29) is 0 Å². The molecule has 0 saturated heterocycles. The molecule has 0 spiro atoms. The summed E-state index contributed by atoms with van der Waals surface area (Å²) in [6, 6.07) is 12.0. The highest BCUT2D eigenvalue weighted by Gasteiger charge is 1.94. The van der Waals surface area contributed by atoms with Crippen molar-refractivity contribution in [2.45, 2.75) is 0 Å². The van der Waals surface area contributed by atoms with Crippen LogP contribution in [0.15, 0.2) is 41.8 Å². The van der Waals surface area contributed by atoms with Crippen molar-refractivity contribution < 1.29 is 4.79 Å². The number of hydrogen-bond acceptors (Lipinski definition) is 2. The Bertz CT molecular complexity index is 468. The van der Waals surface area contributed by atoms with Crippen molar-refractivity contribution in [2.24, 2.45) is 0 Å². The molecular formula is C13H10OS. The van der Waals surface area contributed by atoms with Gasteiger partial charge in [-0.25, -0.2) is 0 Å². The Balaban J connectivity index is 2.15. The maximum absolute atomic E-state index is 10.5. The monoisotopic (exact) mass is 214 g/mol. The molecule has 0 aliphatic carbocycles. The summed E-state index contributed by atoms with van der Waals surface area (Å²) in [5.74, 6) is 0. The first-order chi connectivity index (χ1) is 7.38. The van der Waals surface area contributed by atoms with E-state index in [1.54, 1.807) is 11.3 Å². The van der Waals surface area contributed by atoms with E-state index in [2.05, 4.69) is 0 Å². The number of carbonyl (C=O) groups is 1. The third-order valence-corrected chi connectivity index (χ3v) is 2.93. The zero-order valence-corrected chi connectivity index (χ0v) is 8.91. The lowest BCUT2D eigenvalue weighted by Crippen LogP contribution is -1.69. The minimum absolute atomic E-state index is 0.743. The molecule has 1 aromatic heterocycles. The maximum atomic E-state index is 10.5. The Morgan fingerprint density at radius 3 is 2.47 bits per heavy atom. The second-order valence-corrected chi connectivity index (χ2v) is 4.09. The maximum Gasteiger partial charge on any atom is 0.150 e. The van der Waals surface area contributed by atoms with Crippen molar-refractivity contribution >= 4 is 29.8 Å². The van der Waals surface area contributed by atoms with Gasteiger partial charge in [0.1, 0.15) is 0 Å². The van der Waals surface area contributed by atoms with Crippen molar-refractivity contribution in [2.75, 3.05) is 0 Å². The van der Waals surface area contributed by atoms with Crippen LogP contribution in [-0.2, 0) is 0 Å². The standard InChI is InChI=1S/C13H10OS/c14-9-12-8-13(15-10-12)7-6-11-4-2-1-3-5-11/h1-10H. The fourth-order valence-corrected chi connectivity index (χ4v) is 2.01. The van der Waals surface area contributed by atoms with Crippen LogP contribution >= 0.6 is 11.3 Å². The highest BCUT2D eigenvalue weighted by Crippen LogP contribution is 2.16. The van der Waals surface area contributed by atoms with E-state index in [0.29, 0.717) is 0 Å². The smallest absolute Gasteiger partial charge is 0.150 e. The minimum atomic E-state index is 0.743. The SMILES string of the molecule is O=Cc1csc(C=Cc2ccccc2)c1. The molecule has 1 heterocycles. The molecule has 0 amide bonds. The molecule has 2 rings (SSSR count). The number of thiophene rings is 1. The first kappa shape index (κ1) is 9.87. The van der Waals surface area contributed by atoms with Crippen LogP contribution in [0.3, 0.4) is 0 Å². The Hall–Kier alpha value is -1.67. The average molecular weight is 214 g/mol. The summed E-state index contributed by atoms with van der Waals surface area (Å²) in [4.78, 5) is 11.6. The molecule has 1 aromatic carbocycles. The van der Waals surface area contributed by atoms with Crippen molar-refractivity contribution in [3.8, 4) is 0 Å². The summed E-state index contributed by atoms with van der Waals surface area (Å²) in [5, 5.41) is 1.86. The molecular weight excluding hydrogens is 204 g/mol. The van der Waals surface area contributed by atoms with E-state index in [0.717, 1.165) is 16.7 Å². The van der Waals surface area contributed by atoms with Crippen molar-refractivity contribution in [3.05, 3.63) is 57.8 Å². The zero-order chi connectivity index (χ0) is 10.5. The van der Waals surface area contributed by atoms with Crippen molar-refractivity contribution in [3.63, 3.8) is 0 Å².